The Morgan fingerprint density at radius 1 is 1.29 bits per heavy atom. The molecule has 5 heterocycles. The van der Waals surface area contributed by atoms with Gasteiger partial charge in [0.05, 0.1) is 29.0 Å². The highest BCUT2D eigenvalue weighted by molar-refractivity contribution is 7.10. The van der Waals surface area contributed by atoms with Crippen molar-refractivity contribution in [3.05, 3.63) is 71.6 Å². The molecule has 0 saturated carbocycles. The zero-order chi connectivity index (χ0) is 28.5. The van der Waals surface area contributed by atoms with E-state index >= 15 is 0 Å². The van der Waals surface area contributed by atoms with Crippen LogP contribution in [-0.2, 0) is 11.3 Å². The summed E-state index contributed by atoms with van der Waals surface area (Å²) in [5, 5.41) is 8.34. The number of carbonyl (C=O) groups is 1. The van der Waals surface area contributed by atoms with E-state index in [0.717, 1.165) is 59.3 Å². The van der Waals surface area contributed by atoms with Gasteiger partial charge in [0.2, 0.25) is 5.91 Å². The van der Waals surface area contributed by atoms with E-state index in [1.54, 1.807) is 11.2 Å². The molecule has 3 N–H and O–H groups in total. The van der Waals surface area contributed by atoms with Crippen molar-refractivity contribution in [1.82, 2.24) is 34.1 Å². The third kappa shape index (κ3) is 6.06. The number of rotatable bonds is 8. The molecular weight excluding hydrogens is 548 g/mol. The third-order valence-electron chi connectivity index (χ3n) is 7.19. The summed E-state index contributed by atoms with van der Waals surface area (Å²) in [5.41, 5.74) is 7.23. The second kappa shape index (κ2) is 11.5. The number of imidazole rings is 1. The Morgan fingerprint density at radius 2 is 2.17 bits per heavy atom. The van der Waals surface area contributed by atoms with Crippen molar-refractivity contribution in [3.8, 4) is 0 Å². The van der Waals surface area contributed by atoms with Crippen LogP contribution in [-0.4, -0.2) is 60.7 Å². The summed E-state index contributed by atoms with van der Waals surface area (Å²) < 4.78 is 34.0. The monoisotopic (exact) mass is 579 g/mol. The minimum absolute atomic E-state index is 0.0897. The number of nitrogens with one attached hydrogen (secondary N) is 3. The number of piperidine rings is 1. The van der Waals surface area contributed by atoms with Crippen LogP contribution in [0.4, 0.5) is 25.3 Å². The SMILES string of the molecule is Cc1cn2c(C3=CN(CC(=O)Nc4cccc(F)c4F)NC3)cnc2c(Nc2cc(CN3CCC[C@@H](C)C3)ns2)n1. The van der Waals surface area contributed by atoms with E-state index in [0.29, 0.717) is 18.0 Å². The van der Waals surface area contributed by atoms with Gasteiger partial charge in [-0.15, -0.1) is 0 Å². The summed E-state index contributed by atoms with van der Waals surface area (Å²) in [5.74, 6) is -1.23. The number of aryl methyl sites for hydroxylation is 1. The summed E-state index contributed by atoms with van der Waals surface area (Å²) in [7, 11) is 0. The van der Waals surface area contributed by atoms with Crippen molar-refractivity contribution in [3.63, 3.8) is 0 Å². The van der Waals surface area contributed by atoms with Gasteiger partial charge in [0.25, 0.3) is 0 Å². The first-order valence-electron chi connectivity index (χ1n) is 13.6. The van der Waals surface area contributed by atoms with Crippen LogP contribution in [0.5, 0.6) is 0 Å². The highest BCUT2D eigenvalue weighted by Gasteiger charge is 2.22. The standard InChI is InChI=1S/C28H31F2N9OS/c1-17-5-4-8-37(12-17)15-20-9-25(41-36-20)35-27-28-31-11-23(39(28)13-18(2)33-27)19-10-32-38(14-19)16-24(40)34-22-7-3-6-21(29)26(22)30/h3,6-7,9,11,13-14,17,32H,4-5,8,10,12,15-16H2,1-2H3,(H,33,35)(H,34,40)/t17-/m1/s1. The average Bonchev–Trinajstić information content (AvgIpc) is 3.67. The van der Waals surface area contributed by atoms with Crippen LogP contribution in [0.2, 0.25) is 0 Å². The number of aromatic nitrogens is 4. The van der Waals surface area contributed by atoms with Crippen molar-refractivity contribution in [1.29, 1.82) is 0 Å². The van der Waals surface area contributed by atoms with Crippen LogP contribution >= 0.6 is 11.5 Å². The number of likely N-dealkylation sites (tertiary alicyclic amines) is 1. The Balaban J connectivity index is 1.15. The molecule has 214 valence electrons. The maximum atomic E-state index is 13.9. The lowest BCUT2D eigenvalue weighted by Crippen LogP contribution is -2.36. The summed E-state index contributed by atoms with van der Waals surface area (Å²) in [6, 6.07) is 5.74. The van der Waals surface area contributed by atoms with E-state index in [2.05, 4.69) is 43.3 Å². The van der Waals surface area contributed by atoms with Crippen LogP contribution < -0.4 is 16.1 Å². The van der Waals surface area contributed by atoms with Gasteiger partial charge in [0.15, 0.2) is 23.1 Å². The number of fused-ring (bicyclic) bond motifs is 1. The van der Waals surface area contributed by atoms with Gasteiger partial charge >= 0.3 is 0 Å². The first kappa shape index (κ1) is 27.2. The number of anilines is 3. The van der Waals surface area contributed by atoms with Crippen molar-refractivity contribution in [2.75, 3.05) is 36.8 Å². The molecule has 2 aliphatic heterocycles. The number of hydrazine groups is 1. The zero-order valence-corrected chi connectivity index (χ0v) is 23.6. The topological polar surface area (TPSA) is 103 Å². The molecule has 10 nitrogen and oxygen atoms in total. The Labute approximate surface area is 240 Å². The van der Waals surface area contributed by atoms with Crippen molar-refractivity contribution < 1.29 is 13.6 Å². The van der Waals surface area contributed by atoms with Gasteiger partial charge in [0.1, 0.15) is 11.5 Å². The maximum Gasteiger partial charge on any atom is 0.245 e. The number of nitrogens with zero attached hydrogens (tertiary/aromatic N) is 6. The number of hydrogen-bond donors (Lipinski definition) is 3. The Kier molecular flexibility index (Phi) is 7.65. The summed E-state index contributed by atoms with van der Waals surface area (Å²) in [6.45, 7) is 7.67. The molecule has 0 bridgehead atoms. The summed E-state index contributed by atoms with van der Waals surface area (Å²) in [6.07, 6.45) is 8.03. The molecule has 1 fully saturated rings. The van der Waals surface area contributed by atoms with Crippen LogP contribution in [0.25, 0.3) is 11.2 Å². The van der Waals surface area contributed by atoms with Crippen LogP contribution in [0.3, 0.4) is 0 Å². The highest BCUT2D eigenvalue weighted by atomic mass is 32.1. The van der Waals surface area contributed by atoms with Gasteiger partial charge in [-0.05, 0) is 62.0 Å². The molecular formula is C28H31F2N9OS. The molecule has 3 aromatic heterocycles. The van der Waals surface area contributed by atoms with Gasteiger partial charge < -0.3 is 15.6 Å². The van der Waals surface area contributed by atoms with Gasteiger partial charge in [-0.25, -0.2) is 24.2 Å². The predicted molar refractivity (Wildman–Crippen MR) is 154 cm³/mol. The minimum Gasteiger partial charge on any atom is -0.328 e. The smallest absolute Gasteiger partial charge is 0.245 e. The predicted octanol–water partition coefficient (Wildman–Crippen LogP) is 4.55. The fraction of sp³-hybridized carbons (Fsp3) is 0.357. The largest absolute Gasteiger partial charge is 0.328 e. The van der Waals surface area contributed by atoms with Gasteiger partial charge in [-0.2, -0.15) is 4.37 Å². The molecule has 1 atom stereocenters. The van der Waals surface area contributed by atoms with Crippen molar-refractivity contribution in [2.45, 2.75) is 33.2 Å². The van der Waals surface area contributed by atoms with Crippen LogP contribution in [0.15, 0.2) is 42.9 Å². The van der Waals surface area contributed by atoms with E-state index in [9.17, 15) is 13.6 Å². The van der Waals surface area contributed by atoms with E-state index in [1.807, 2.05) is 23.7 Å². The second-order valence-corrected chi connectivity index (χ2v) is 11.4. The number of hydrogen-bond acceptors (Lipinski definition) is 9. The molecule has 0 spiro atoms. The maximum absolute atomic E-state index is 13.9. The Hall–Kier alpha value is -3.94. The first-order chi connectivity index (χ1) is 19.8. The lowest BCUT2D eigenvalue weighted by Gasteiger charge is -2.30. The fourth-order valence-corrected chi connectivity index (χ4v) is 5.98. The summed E-state index contributed by atoms with van der Waals surface area (Å²) >= 11 is 1.41. The minimum atomic E-state index is -1.09. The molecule has 13 heteroatoms. The van der Waals surface area contributed by atoms with E-state index in [4.69, 9.17) is 4.98 Å². The quantitative estimate of drug-likeness (QED) is 0.280. The Morgan fingerprint density at radius 3 is 3.02 bits per heavy atom. The van der Waals surface area contributed by atoms with Crippen molar-refractivity contribution in [2.24, 2.45) is 5.92 Å². The lowest BCUT2D eigenvalue weighted by molar-refractivity contribution is -0.117. The number of benzene rings is 1. The molecule has 0 radical (unpaired) electrons. The number of amides is 1. The molecule has 0 unspecified atom stereocenters. The molecule has 1 saturated heterocycles. The van der Waals surface area contributed by atoms with Gasteiger partial charge in [-0.3, -0.25) is 14.1 Å². The molecule has 0 aliphatic carbocycles. The molecule has 6 rings (SSSR count). The molecule has 41 heavy (non-hydrogen) atoms. The summed E-state index contributed by atoms with van der Waals surface area (Å²) in [4.78, 5) is 24.3. The number of carbonyl (C=O) groups excluding carboxylic acids is 1. The average molecular weight is 580 g/mol. The van der Waals surface area contributed by atoms with E-state index in [1.165, 1.54) is 36.5 Å². The molecule has 1 amide bonds. The van der Waals surface area contributed by atoms with Crippen molar-refractivity contribution >= 4 is 45.2 Å². The molecule has 1 aromatic carbocycles. The zero-order valence-electron chi connectivity index (χ0n) is 22.8. The first-order valence-corrected chi connectivity index (χ1v) is 14.3. The van der Waals surface area contributed by atoms with Crippen LogP contribution in [0.1, 0.15) is 36.8 Å². The fourth-order valence-electron chi connectivity index (χ4n) is 5.32. The number of halogens is 2. The molecule has 4 aromatic rings. The Bertz CT molecular complexity index is 1620. The lowest BCUT2D eigenvalue weighted by atomic mass is 10.0. The highest BCUT2D eigenvalue weighted by Crippen LogP contribution is 2.28. The van der Waals surface area contributed by atoms with E-state index in [-0.39, 0.29) is 12.2 Å². The molecule has 2 aliphatic rings. The van der Waals surface area contributed by atoms with Crippen LogP contribution in [0, 0.1) is 24.5 Å². The third-order valence-corrected chi connectivity index (χ3v) is 7.94. The second-order valence-electron chi connectivity index (χ2n) is 10.6. The normalized spacial score (nSPS) is 17.7. The van der Waals surface area contributed by atoms with Gasteiger partial charge in [-0.1, -0.05) is 13.0 Å². The van der Waals surface area contributed by atoms with E-state index < -0.39 is 17.5 Å². The van der Waals surface area contributed by atoms with Gasteiger partial charge in [0, 0.05) is 37.6 Å².